The van der Waals surface area contributed by atoms with Gasteiger partial charge in [-0.15, -0.1) is 0 Å². The minimum Gasteiger partial charge on any atom is -0.325 e. The maximum Gasteiger partial charge on any atom is 0.321 e. The molecule has 3 amide bonds. The molecule has 0 aliphatic heterocycles. The van der Waals surface area contributed by atoms with Crippen LogP contribution in [0.2, 0.25) is 0 Å². The quantitative estimate of drug-likeness (QED) is 0.674. The molecule has 5 nitrogen and oxygen atoms in total. The smallest absolute Gasteiger partial charge is 0.321 e. The first kappa shape index (κ1) is 18.5. The molecule has 5 heteroatoms. The zero-order valence-electron chi connectivity index (χ0n) is 15.5. The number of fused-ring (bicyclic) bond motifs is 1. The summed E-state index contributed by atoms with van der Waals surface area (Å²) in [7, 11) is 0. The highest BCUT2D eigenvalue weighted by Gasteiger charge is 2.11. The number of rotatable bonds is 5. The Morgan fingerprint density at radius 1 is 0.815 bits per heavy atom. The van der Waals surface area contributed by atoms with Gasteiger partial charge in [0.15, 0.2) is 0 Å². The van der Waals surface area contributed by atoms with Gasteiger partial charge in [-0.25, -0.2) is 4.79 Å². The van der Waals surface area contributed by atoms with Crippen LogP contribution in [0.25, 0.3) is 10.8 Å². The molecule has 0 fully saturated rings. The van der Waals surface area contributed by atoms with Crippen molar-refractivity contribution in [3.05, 3.63) is 72.3 Å². The van der Waals surface area contributed by atoms with Gasteiger partial charge < -0.3 is 15.5 Å². The SMILES string of the molecule is CCN(CC)C(=O)Nc1ccc(C(=O)Nc2cccc3ccccc23)cc1. The van der Waals surface area contributed by atoms with E-state index in [9.17, 15) is 9.59 Å². The van der Waals surface area contributed by atoms with Crippen molar-refractivity contribution in [1.29, 1.82) is 0 Å². The summed E-state index contributed by atoms with van der Waals surface area (Å²) >= 11 is 0. The van der Waals surface area contributed by atoms with Gasteiger partial charge in [-0.3, -0.25) is 4.79 Å². The highest BCUT2D eigenvalue weighted by atomic mass is 16.2. The number of carbonyl (C=O) groups excluding carboxylic acids is 2. The number of hydrogen-bond donors (Lipinski definition) is 2. The van der Waals surface area contributed by atoms with E-state index in [-0.39, 0.29) is 11.9 Å². The van der Waals surface area contributed by atoms with E-state index in [0.29, 0.717) is 24.3 Å². The lowest BCUT2D eigenvalue weighted by Gasteiger charge is -2.19. The van der Waals surface area contributed by atoms with Crippen LogP contribution in [-0.4, -0.2) is 29.9 Å². The molecule has 0 aromatic heterocycles. The normalized spacial score (nSPS) is 10.4. The van der Waals surface area contributed by atoms with E-state index >= 15 is 0 Å². The molecule has 0 atom stereocenters. The zero-order chi connectivity index (χ0) is 19.2. The molecule has 0 unspecified atom stereocenters. The Balaban J connectivity index is 1.71. The maximum absolute atomic E-state index is 12.6. The van der Waals surface area contributed by atoms with Gasteiger partial charge in [-0.2, -0.15) is 0 Å². The molecule has 27 heavy (non-hydrogen) atoms. The van der Waals surface area contributed by atoms with Crippen LogP contribution in [0.5, 0.6) is 0 Å². The van der Waals surface area contributed by atoms with E-state index in [1.54, 1.807) is 29.2 Å². The first-order chi connectivity index (χ1) is 13.1. The van der Waals surface area contributed by atoms with Crippen LogP contribution in [0, 0.1) is 0 Å². The zero-order valence-corrected chi connectivity index (χ0v) is 15.5. The predicted molar refractivity (Wildman–Crippen MR) is 110 cm³/mol. The van der Waals surface area contributed by atoms with E-state index in [2.05, 4.69) is 10.6 Å². The van der Waals surface area contributed by atoms with E-state index in [1.165, 1.54) is 0 Å². The average molecular weight is 361 g/mol. The van der Waals surface area contributed by atoms with E-state index in [0.717, 1.165) is 16.5 Å². The molecular formula is C22H23N3O2. The van der Waals surface area contributed by atoms with Crippen molar-refractivity contribution in [2.45, 2.75) is 13.8 Å². The van der Waals surface area contributed by atoms with Crippen molar-refractivity contribution < 1.29 is 9.59 Å². The van der Waals surface area contributed by atoms with Gasteiger partial charge in [-0.1, -0.05) is 36.4 Å². The molecule has 0 saturated carbocycles. The Kier molecular flexibility index (Phi) is 5.71. The van der Waals surface area contributed by atoms with Crippen molar-refractivity contribution >= 4 is 34.1 Å². The van der Waals surface area contributed by atoms with Crippen LogP contribution in [-0.2, 0) is 0 Å². The molecule has 0 radical (unpaired) electrons. The number of urea groups is 1. The van der Waals surface area contributed by atoms with Gasteiger partial charge in [0, 0.05) is 35.4 Å². The monoisotopic (exact) mass is 361 g/mol. The molecule has 138 valence electrons. The van der Waals surface area contributed by atoms with Gasteiger partial charge in [0.25, 0.3) is 5.91 Å². The molecule has 0 aliphatic rings. The summed E-state index contributed by atoms with van der Waals surface area (Å²) in [4.78, 5) is 26.4. The number of hydrogen-bond acceptors (Lipinski definition) is 2. The molecule has 3 rings (SSSR count). The Labute approximate surface area is 159 Å². The summed E-state index contributed by atoms with van der Waals surface area (Å²) in [5, 5.41) is 7.87. The summed E-state index contributed by atoms with van der Waals surface area (Å²) in [6.45, 7) is 5.16. The summed E-state index contributed by atoms with van der Waals surface area (Å²) in [5.41, 5.74) is 1.97. The fourth-order valence-corrected chi connectivity index (χ4v) is 2.95. The highest BCUT2D eigenvalue weighted by molar-refractivity contribution is 6.09. The summed E-state index contributed by atoms with van der Waals surface area (Å²) < 4.78 is 0. The molecule has 0 spiro atoms. The van der Waals surface area contributed by atoms with Gasteiger partial charge >= 0.3 is 6.03 Å². The molecular weight excluding hydrogens is 338 g/mol. The topological polar surface area (TPSA) is 61.4 Å². The second-order valence-electron chi connectivity index (χ2n) is 6.16. The number of nitrogens with zero attached hydrogens (tertiary/aromatic N) is 1. The summed E-state index contributed by atoms with van der Waals surface area (Å²) in [5.74, 6) is -0.187. The largest absolute Gasteiger partial charge is 0.325 e. The Morgan fingerprint density at radius 3 is 2.19 bits per heavy atom. The number of benzene rings is 3. The number of nitrogens with one attached hydrogen (secondary N) is 2. The Morgan fingerprint density at radius 2 is 1.48 bits per heavy atom. The van der Waals surface area contributed by atoms with Crippen LogP contribution in [0.3, 0.4) is 0 Å². The second-order valence-corrected chi connectivity index (χ2v) is 6.16. The molecule has 2 N–H and O–H groups in total. The first-order valence-corrected chi connectivity index (χ1v) is 9.07. The molecule has 3 aromatic rings. The van der Waals surface area contributed by atoms with Gasteiger partial charge in [0.2, 0.25) is 0 Å². The lowest BCUT2D eigenvalue weighted by molar-refractivity contribution is 0.102. The van der Waals surface area contributed by atoms with Crippen LogP contribution >= 0.6 is 0 Å². The minimum atomic E-state index is -0.187. The summed E-state index contributed by atoms with van der Waals surface area (Å²) in [6.07, 6.45) is 0. The number of amides is 3. The van der Waals surface area contributed by atoms with E-state index < -0.39 is 0 Å². The first-order valence-electron chi connectivity index (χ1n) is 9.07. The third-order valence-corrected chi connectivity index (χ3v) is 4.49. The van der Waals surface area contributed by atoms with E-state index in [4.69, 9.17) is 0 Å². The molecule has 0 heterocycles. The van der Waals surface area contributed by atoms with Crippen molar-refractivity contribution in [3.63, 3.8) is 0 Å². The molecule has 3 aromatic carbocycles. The predicted octanol–water partition coefficient (Wildman–Crippen LogP) is 4.97. The lowest BCUT2D eigenvalue weighted by Crippen LogP contribution is -2.34. The maximum atomic E-state index is 12.6. The van der Waals surface area contributed by atoms with Crippen molar-refractivity contribution in [2.75, 3.05) is 23.7 Å². The lowest BCUT2D eigenvalue weighted by atomic mass is 10.1. The van der Waals surface area contributed by atoms with Crippen LogP contribution < -0.4 is 10.6 Å². The fraction of sp³-hybridized carbons (Fsp3) is 0.182. The standard InChI is InChI=1S/C22H23N3O2/c1-3-25(4-2)22(27)23-18-14-12-17(13-15-18)21(26)24-20-11-7-9-16-8-5-6-10-19(16)20/h5-15H,3-4H2,1-2H3,(H,23,27)(H,24,26). The highest BCUT2D eigenvalue weighted by Crippen LogP contribution is 2.23. The van der Waals surface area contributed by atoms with Crippen molar-refractivity contribution in [3.8, 4) is 0 Å². The Hall–Kier alpha value is -3.34. The van der Waals surface area contributed by atoms with Gasteiger partial charge in [0.05, 0.1) is 0 Å². The summed E-state index contributed by atoms with van der Waals surface area (Å²) in [6, 6.07) is 20.5. The molecule has 0 saturated heterocycles. The van der Waals surface area contributed by atoms with Crippen LogP contribution in [0.15, 0.2) is 66.7 Å². The molecule has 0 aliphatic carbocycles. The third-order valence-electron chi connectivity index (χ3n) is 4.49. The minimum absolute atomic E-state index is 0.145. The van der Waals surface area contributed by atoms with Crippen LogP contribution in [0.4, 0.5) is 16.2 Å². The van der Waals surface area contributed by atoms with Gasteiger partial charge in [0.1, 0.15) is 0 Å². The average Bonchev–Trinajstić information content (AvgIpc) is 2.70. The number of anilines is 2. The fourth-order valence-electron chi connectivity index (χ4n) is 2.95. The van der Waals surface area contributed by atoms with Crippen LogP contribution in [0.1, 0.15) is 24.2 Å². The van der Waals surface area contributed by atoms with E-state index in [1.807, 2.05) is 56.3 Å². The van der Waals surface area contributed by atoms with Gasteiger partial charge in [-0.05, 0) is 49.6 Å². The van der Waals surface area contributed by atoms with Crippen molar-refractivity contribution in [2.24, 2.45) is 0 Å². The Bertz CT molecular complexity index is 942. The third kappa shape index (κ3) is 4.26. The molecule has 0 bridgehead atoms. The number of carbonyl (C=O) groups is 2. The second kappa shape index (κ2) is 8.36. The van der Waals surface area contributed by atoms with Crippen molar-refractivity contribution in [1.82, 2.24) is 4.90 Å².